The van der Waals surface area contributed by atoms with Crippen LogP contribution in [-0.4, -0.2) is 13.1 Å². The number of nitrogens with one attached hydrogen (secondary N) is 1. The van der Waals surface area contributed by atoms with Gasteiger partial charge in [0.1, 0.15) is 5.82 Å². The van der Waals surface area contributed by atoms with Crippen molar-refractivity contribution in [3.63, 3.8) is 0 Å². The van der Waals surface area contributed by atoms with E-state index in [1.807, 2.05) is 23.6 Å². The molecule has 0 radical (unpaired) electrons. The normalized spacial score (nSPS) is 14.9. The number of nitrogens with zero attached hydrogens (tertiary/aromatic N) is 1. The van der Waals surface area contributed by atoms with E-state index in [4.69, 9.17) is 0 Å². The molecule has 1 aliphatic heterocycles. The van der Waals surface area contributed by atoms with Gasteiger partial charge in [-0.15, -0.1) is 11.3 Å². The van der Waals surface area contributed by atoms with Gasteiger partial charge in [0.2, 0.25) is 0 Å². The summed E-state index contributed by atoms with van der Waals surface area (Å²) in [5.74, 6) is -0.127. The van der Waals surface area contributed by atoms with Crippen LogP contribution in [0.3, 0.4) is 0 Å². The minimum Gasteiger partial charge on any atom is -0.380 e. The van der Waals surface area contributed by atoms with Crippen molar-refractivity contribution >= 4 is 22.7 Å². The third-order valence-electron chi connectivity index (χ3n) is 3.44. The van der Waals surface area contributed by atoms with E-state index >= 15 is 0 Å². The fourth-order valence-electron chi connectivity index (χ4n) is 2.43. The first-order valence-electron chi connectivity index (χ1n) is 6.64. The first-order chi connectivity index (χ1) is 9.33. The van der Waals surface area contributed by atoms with Crippen LogP contribution >= 0.6 is 11.3 Å². The molecule has 0 atom stereocenters. The van der Waals surface area contributed by atoms with Gasteiger partial charge in [-0.3, -0.25) is 0 Å². The molecule has 3 rings (SSSR count). The van der Waals surface area contributed by atoms with Gasteiger partial charge in [-0.25, -0.2) is 4.39 Å². The predicted octanol–water partition coefficient (Wildman–Crippen LogP) is 4.10. The summed E-state index contributed by atoms with van der Waals surface area (Å²) in [4.78, 5) is 3.38. The third kappa shape index (κ3) is 2.89. The molecule has 1 aromatic heterocycles. The molecule has 0 aliphatic carbocycles. The van der Waals surface area contributed by atoms with Crippen LogP contribution in [0, 0.1) is 5.82 Å². The van der Waals surface area contributed by atoms with E-state index in [0.29, 0.717) is 0 Å². The summed E-state index contributed by atoms with van der Waals surface area (Å²) in [7, 11) is 0. The number of hydrogen-bond acceptors (Lipinski definition) is 3. The lowest BCUT2D eigenvalue weighted by Gasteiger charge is -2.19. The second-order valence-corrected chi connectivity index (χ2v) is 5.83. The highest BCUT2D eigenvalue weighted by molar-refractivity contribution is 7.09. The molecule has 4 heteroatoms. The van der Waals surface area contributed by atoms with Crippen LogP contribution in [0.4, 0.5) is 15.8 Å². The molecule has 2 nitrogen and oxygen atoms in total. The molecule has 2 heterocycles. The van der Waals surface area contributed by atoms with Gasteiger partial charge >= 0.3 is 0 Å². The molecule has 1 fully saturated rings. The van der Waals surface area contributed by atoms with Gasteiger partial charge in [-0.1, -0.05) is 6.07 Å². The summed E-state index contributed by atoms with van der Waals surface area (Å²) < 4.78 is 14.1. The molecule has 0 saturated carbocycles. The van der Waals surface area contributed by atoms with E-state index in [-0.39, 0.29) is 5.82 Å². The zero-order valence-corrected chi connectivity index (χ0v) is 11.5. The molecule has 100 valence electrons. The van der Waals surface area contributed by atoms with Gasteiger partial charge in [-0.05, 0) is 42.5 Å². The second-order valence-electron chi connectivity index (χ2n) is 4.79. The topological polar surface area (TPSA) is 15.3 Å². The van der Waals surface area contributed by atoms with Crippen LogP contribution < -0.4 is 10.2 Å². The van der Waals surface area contributed by atoms with E-state index in [2.05, 4.69) is 16.3 Å². The Labute approximate surface area is 116 Å². The quantitative estimate of drug-likeness (QED) is 0.904. The average Bonchev–Trinajstić information content (AvgIpc) is 3.10. The number of thiophene rings is 1. The lowest BCUT2D eigenvalue weighted by molar-refractivity contribution is 0.623. The predicted molar refractivity (Wildman–Crippen MR) is 79.5 cm³/mol. The second kappa shape index (κ2) is 5.61. The third-order valence-corrected chi connectivity index (χ3v) is 4.32. The fourth-order valence-corrected chi connectivity index (χ4v) is 3.08. The Bertz CT molecular complexity index is 533. The molecular formula is C15H17FN2S. The smallest absolute Gasteiger partial charge is 0.148 e. The Morgan fingerprint density at radius 2 is 2.05 bits per heavy atom. The molecule has 1 saturated heterocycles. The van der Waals surface area contributed by atoms with Gasteiger partial charge in [0.15, 0.2) is 0 Å². The van der Waals surface area contributed by atoms with Crippen LogP contribution in [-0.2, 0) is 6.54 Å². The summed E-state index contributed by atoms with van der Waals surface area (Å²) in [5, 5.41) is 5.31. The Kier molecular flexibility index (Phi) is 3.69. The van der Waals surface area contributed by atoms with E-state index in [9.17, 15) is 4.39 Å². The van der Waals surface area contributed by atoms with Gasteiger partial charge in [-0.2, -0.15) is 0 Å². The van der Waals surface area contributed by atoms with Crippen molar-refractivity contribution in [2.45, 2.75) is 19.4 Å². The van der Waals surface area contributed by atoms with Crippen LogP contribution in [0.5, 0.6) is 0 Å². The average molecular weight is 276 g/mol. The minimum absolute atomic E-state index is 0.127. The number of rotatable bonds is 4. The number of hydrogen-bond donors (Lipinski definition) is 1. The molecule has 0 spiro atoms. The van der Waals surface area contributed by atoms with Crippen LogP contribution in [0.25, 0.3) is 0 Å². The molecule has 0 unspecified atom stereocenters. The maximum absolute atomic E-state index is 14.1. The first kappa shape index (κ1) is 12.5. The van der Waals surface area contributed by atoms with Crippen molar-refractivity contribution in [2.24, 2.45) is 0 Å². The molecule has 0 amide bonds. The zero-order valence-electron chi connectivity index (χ0n) is 10.7. The van der Waals surface area contributed by atoms with E-state index < -0.39 is 0 Å². The molecule has 1 aliphatic rings. The van der Waals surface area contributed by atoms with Crippen LogP contribution in [0.1, 0.15) is 17.7 Å². The monoisotopic (exact) mass is 276 g/mol. The summed E-state index contributed by atoms with van der Waals surface area (Å²) in [6, 6.07) is 9.55. The summed E-state index contributed by atoms with van der Waals surface area (Å²) >= 11 is 1.71. The highest BCUT2D eigenvalue weighted by atomic mass is 32.1. The van der Waals surface area contributed by atoms with E-state index in [1.54, 1.807) is 17.4 Å². The molecule has 2 aromatic rings. The lowest BCUT2D eigenvalue weighted by Crippen LogP contribution is -2.18. The Morgan fingerprint density at radius 1 is 1.21 bits per heavy atom. The number of halogens is 1. The van der Waals surface area contributed by atoms with Crippen molar-refractivity contribution in [3.8, 4) is 0 Å². The van der Waals surface area contributed by atoms with Gasteiger partial charge in [0.05, 0.1) is 5.69 Å². The maximum atomic E-state index is 14.1. The Hall–Kier alpha value is -1.55. The van der Waals surface area contributed by atoms with Crippen LogP contribution in [0.2, 0.25) is 0 Å². The van der Waals surface area contributed by atoms with Gasteiger partial charge in [0.25, 0.3) is 0 Å². The first-order valence-corrected chi connectivity index (χ1v) is 7.52. The summed E-state index contributed by atoms with van der Waals surface area (Å²) in [6.07, 6.45) is 2.33. The van der Waals surface area contributed by atoms with Crippen molar-refractivity contribution in [3.05, 3.63) is 46.4 Å². The standard InChI is InChI=1S/C15H17FN2S/c16-14-10-12(17-11-13-4-3-9-19-13)5-6-15(14)18-7-1-2-8-18/h3-6,9-10,17H,1-2,7-8,11H2. The Balaban J connectivity index is 1.68. The van der Waals surface area contributed by atoms with Crippen molar-refractivity contribution < 1.29 is 4.39 Å². The lowest BCUT2D eigenvalue weighted by atomic mass is 10.2. The van der Waals surface area contributed by atoms with Crippen LogP contribution in [0.15, 0.2) is 35.7 Å². The highest BCUT2D eigenvalue weighted by Crippen LogP contribution is 2.26. The molecule has 1 N–H and O–H groups in total. The van der Waals surface area contributed by atoms with Gasteiger partial charge < -0.3 is 10.2 Å². The van der Waals surface area contributed by atoms with Crippen molar-refractivity contribution in [2.75, 3.05) is 23.3 Å². The molecule has 19 heavy (non-hydrogen) atoms. The number of benzene rings is 1. The Morgan fingerprint density at radius 3 is 2.74 bits per heavy atom. The summed E-state index contributed by atoms with van der Waals surface area (Å²) in [6.45, 7) is 2.69. The summed E-state index contributed by atoms with van der Waals surface area (Å²) in [5.41, 5.74) is 1.58. The molecular weight excluding hydrogens is 259 g/mol. The molecule has 1 aromatic carbocycles. The molecule has 0 bridgehead atoms. The van der Waals surface area contributed by atoms with E-state index in [0.717, 1.165) is 43.9 Å². The largest absolute Gasteiger partial charge is 0.380 e. The maximum Gasteiger partial charge on any atom is 0.148 e. The minimum atomic E-state index is -0.127. The zero-order chi connectivity index (χ0) is 13.1. The highest BCUT2D eigenvalue weighted by Gasteiger charge is 2.15. The fraction of sp³-hybridized carbons (Fsp3) is 0.333. The SMILES string of the molecule is Fc1cc(NCc2cccs2)ccc1N1CCCC1. The number of anilines is 2. The van der Waals surface area contributed by atoms with Crippen molar-refractivity contribution in [1.29, 1.82) is 0 Å². The van der Waals surface area contributed by atoms with Gasteiger partial charge in [0, 0.05) is 30.2 Å². The van der Waals surface area contributed by atoms with Crippen molar-refractivity contribution in [1.82, 2.24) is 0 Å². The van der Waals surface area contributed by atoms with E-state index in [1.165, 1.54) is 4.88 Å².